The van der Waals surface area contributed by atoms with E-state index in [4.69, 9.17) is 11.6 Å². The number of hydrogen-bond donors (Lipinski definition) is 0. The van der Waals surface area contributed by atoms with E-state index in [9.17, 15) is 4.79 Å². The summed E-state index contributed by atoms with van der Waals surface area (Å²) in [6, 6.07) is 7.47. The highest BCUT2D eigenvalue weighted by Crippen LogP contribution is 2.23. The molecule has 20 heavy (non-hydrogen) atoms. The number of carbonyl (C=O) groups excluding carboxylic acids is 1. The van der Waals surface area contributed by atoms with Crippen molar-refractivity contribution >= 4 is 33.3 Å². The molecule has 0 N–H and O–H groups in total. The largest absolute Gasteiger partial charge is 0.294 e. The van der Waals surface area contributed by atoms with Gasteiger partial charge >= 0.3 is 0 Å². The zero-order valence-corrected chi connectivity index (χ0v) is 13.8. The Kier molecular flexibility index (Phi) is 5.00. The maximum absolute atomic E-state index is 12.2. The Morgan fingerprint density at radius 3 is 2.85 bits per heavy atom. The summed E-state index contributed by atoms with van der Waals surface area (Å²) >= 11 is 9.32. The summed E-state index contributed by atoms with van der Waals surface area (Å²) in [5.74, 6) is 0.0220. The smallest absolute Gasteiger partial charge is 0.168 e. The summed E-state index contributed by atoms with van der Waals surface area (Å²) < 4.78 is 2.69. The predicted molar refractivity (Wildman–Crippen MR) is 84.4 cm³/mol. The van der Waals surface area contributed by atoms with Crippen molar-refractivity contribution in [3.63, 3.8) is 0 Å². The first-order valence-corrected chi connectivity index (χ1v) is 7.70. The van der Waals surface area contributed by atoms with Gasteiger partial charge in [-0.1, -0.05) is 24.6 Å². The molecule has 0 amide bonds. The van der Waals surface area contributed by atoms with Crippen LogP contribution in [0.2, 0.25) is 5.02 Å². The van der Waals surface area contributed by atoms with Crippen LogP contribution in [0.3, 0.4) is 0 Å². The van der Waals surface area contributed by atoms with Crippen molar-refractivity contribution in [3.05, 3.63) is 51.2 Å². The topological polar surface area (TPSA) is 34.9 Å². The summed E-state index contributed by atoms with van der Waals surface area (Å²) in [6.45, 7) is 4.22. The summed E-state index contributed by atoms with van der Waals surface area (Å²) in [6.07, 6.45) is 3.23. The van der Waals surface area contributed by atoms with Crippen LogP contribution in [0.25, 0.3) is 0 Å². The SMILES string of the molecule is CCC(C)n1ccc(CC(=O)c2ccc(Br)c(Cl)c2)n1. The van der Waals surface area contributed by atoms with Gasteiger partial charge in [0.1, 0.15) is 0 Å². The fourth-order valence-corrected chi connectivity index (χ4v) is 2.27. The van der Waals surface area contributed by atoms with Crippen molar-refractivity contribution in [1.82, 2.24) is 9.78 Å². The van der Waals surface area contributed by atoms with Gasteiger partial charge in [0.2, 0.25) is 0 Å². The van der Waals surface area contributed by atoms with Crippen LogP contribution in [0, 0.1) is 0 Å². The van der Waals surface area contributed by atoms with E-state index in [2.05, 4.69) is 34.9 Å². The van der Waals surface area contributed by atoms with E-state index in [1.807, 2.05) is 16.9 Å². The Morgan fingerprint density at radius 1 is 1.45 bits per heavy atom. The van der Waals surface area contributed by atoms with Gasteiger partial charge in [-0.15, -0.1) is 0 Å². The summed E-state index contributed by atoms with van der Waals surface area (Å²) in [5.41, 5.74) is 1.39. The lowest BCUT2D eigenvalue weighted by Crippen LogP contribution is -2.07. The Balaban J connectivity index is 2.11. The van der Waals surface area contributed by atoms with Gasteiger partial charge in [0.25, 0.3) is 0 Å². The maximum atomic E-state index is 12.2. The number of rotatable bonds is 5. The summed E-state index contributed by atoms with van der Waals surface area (Å²) in [5, 5.41) is 4.98. The number of carbonyl (C=O) groups is 1. The highest BCUT2D eigenvalue weighted by Gasteiger charge is 2.12. The number of halogens is 2. The van der Waals surface area contributed by atoms with Gasteiger partial charge in [-0.2, -0.15) is 5.10 Å². The maximum Gasteiger partial charge on any atom is 0.168 e. The molecule has 0 bridgehead atoms. The van der Waals surface area contributed by atoms with Crippen molar-refractivity contribution in [2.75, 3.05) is 0 Å². The number of benzene rings is 1. The van der Waals surface area contributed by atoms with Gasteiger partial charge in [0, 0.05) is 22.3 Å². The predicted octanol–water partition coefficient (Wildman–Crippen LogP) is 4.70. The average molecular weight is 356 g/mol. The molecule has 5 heteroatoms. The molecule has 0 aliphatic rings. The van der Waals surface area contributed by atoms with Gasteiger partial charge in [-0.3, -0.25) is 9.48 Å². The monoisotopic (exact) mass is 354 g/mol. The lowest BCUT2D eigenvalue weighted by molar-refractivity contribution is 0.0991. The molecular weight excluding hydrogens is 340 g/mol. The Morgan fingerprint density at radius 2 is 2.20 bits per heavy atom. The summed E-state index contributed by atoms with van der Waals surface area (Å²) in [7, 11) is 0. The molecule has 0 saturated carbocycles. The zero-order chi connectivity index (χ0) is 14.7. The fraction of sp³-hybridized carbons (Fsp3) is 0.333. The van der Waals surface area contributed by atoms with E-state index in [0.29, 0.717) is 23.0 Å². The van der Waals surface area contributed by atoms with E-state index in [1.54, 1.807) is 18.2 Å². The molecule has 0 aliphatic heterocycles. The van der Waals surface area contributed by atoms with Crippen LogP contribution in [0.15, 0.2) is 34.9 Å². The van der Waals surface area contributed by atoms with Crippen molar-refractivity contribution in [2.24, 2.45) is 0 Å². The van der Waals surface area contributed by atoms with Crippen molar-refractivity contribution in [2.45, 2.75) is 32.7 Å². The third-order valence-electron chi connectivity index (χ3n) is 3.29. The molecule has 106 valence electrons. The zero-order valence-electron chi connectivity index (χ0n) is 11.4. The third kappa shape index (κ3) is 3.49. The Labute approximate surface area is 132 Å². The first kappa shape index (κ1) is 15.3. The fourth-order valence-electron chi connectivity index (χ4n) is 1.84. The van der Waals surface area contributed by atoms with Crippen LogP contribution in [0.4, 0.5) is 0 Å². The molecule has 1 aromatic carbocycles. The minimum Gasteiger partial charge on any atom is -0.294 e. The van der Waals surface area contributed by atoms with E-state index in [1.165, 1.54) is 0 Å². The molecule has 1 aromatic heterocycles. The number of nitrogens with zero attached hydrogens (tertiary/aromatic N) is 2. The van der Waals surface area contributed by atoms with Crippen LogP contribution < -0.4 is 0 Å². The second kappa shape index (κ2) is 6.55. The minimum absolute atomic E-state index is 0.0220. The van der Waals surface area contributed by atoms with Crippen LogP contribution in [0.5, 0.6) is 0 Å². The van der Waals surface area contributed by atoms with E-state index >= 15 is 0 Å². The molecule has 0 aliphatic carbocycles. The Hall–Kier alpha value is -1.13. The lowest BCUT2D eigenvalue weighted by atomic mass is 10.1. The van der Waals surface area contributed by atoms with Crippen molar-refractivity contribution < 1.29 is 4.79 Å². The van der Waals surface area contributed by atoms with Gasteiger partial charge < -0.3 is 0 Å². The molecule has 0 saturated heterocycles. The normalized spacial score (nSPS) is 12.4. The van der Waals surface area contributed by atoms with Crippen molar-refractivity contribution in [1.29, 1.82) is 0 Å². The average Bonchev–Trinajstić information content (AvgIpc) is 2.89. The van der Waals surface area contributed by atoms with E-state index in [0.717, 1.165) is 16.6 Å². The minimum atomic E-state index is 0.0220. The quantitative estimate of drug-likeness (QED) is 0.729. The van der Waals surface area contributed by atoms with Crippen LogP contribution in [0.1, 0.15) is 42.4 Å². The second-order valence-corrected chi connectivity index (χ2v) is 6.03. The molecule has 2 rings (SSSR count). The number of ketones is 1. The Bertz CT molecular complexity index is 624. The van der Waals surface area contributed by atoms with Crippen LogP contribution in [-0.4, -0.2) is 15.6 Å². The van der Waals surface area contributed by atoms with Gasteiger partial charge in [0.15, 0.2) is 5.78 Å². The van der Waals surface area contributed by atoms with E-state index in [-0.39, 0.29) is 5.78 Å². The van der Waals surface area contributed by atoms with Crippen LogP contribution in [-0.2, 0) is 6.42 Å². The molecule has 0 fully saturated rings. The van der Waals surface area contributed by atoms with E-state index < -0.39 is 0 Å². The lowest BCUT2D eigenvalue weighted by Gasteiger charge is -2.08. The van der Waals surface area contributed by atoms with Gasteiger partial charge in [-0.25, -0.2) is 0 Å². The first-order valence-electron chi connectivity index (χ1n) is 6.53. The standard InChI is InChI=1S/C15H16BrClN2O/c1-3-10(2)19-7-6-12(18-19)9-15(20)11-4-5-13(16)14(17)8-11/h4-8,10H,3,9H2,1-2H3. The first-order chi connectivity index (χ1) is 9.51. The van der Waals surface area contributed by atoms with Gasteiger partial charge in [-0.05, 0) is 47.5 Å². The van der Waals surface area contributed by atoms with Gasteiger partial charge in [0.05, 0.1) is 17.1 Å². The third-order valence-corrected chi connectivity index (χ3v) is 4.52. The number of aromatic nitrogens is 2. The highest BCUT2D eigenvalue weighted by molar-refractivity contribution is 9.10. The molecule has 3 nitrogen and oxygen atoms in total. The molecule has 2 aromatic rings. The molecule has 1 heterocycles. The highest BCUT2D eigenvalue weighted by atomic mass is 79.9. The number of hydrogen-bond acceptors (Lipinski definition) is 2. The molecular formula is C15H16BrClN2O. The number of Topliss-reactive ketones (excluding diaryl/α,β-unsaturated/α-hetero) is 1. The van der Waals surface area contributed by atoms with Crippen molar-refractivity contribution in [3.8, 4) is 0 Å². The summed E-state index contributed by atoms with van der Waals surface area (Å²) in [4.78, 5) is 12.2. The molecule has 0 radical (unpaired) electrons. The molecule has 0 spiro atoms. The van der Waals surface area contributed by atoms with Crippen LogP contribution >= 0.6 is 27.5 Å². The molecule has 1 atom stereocenters. The molecule has 1 unspecified atom stereocenters. The second-order valence-electron chi connectivity index (χ2n) is 4.77.